The van der Waals surface area contributed by atoms with Crippen molar-refractivity contribution in [2.24, 2.45) is 5.41 Å². The van der Waals surface area contributed by atoms with E-state index >= 15 is 0 Å². The topological polar surface area (TPSA) is 74.6 Å². The van der Waals surface area contributed by atoms with E-state index in [9.17, 15) is 9.59 Å². The summed E-state index contributed by atoms with van der Waals surface area (Å²) in [5, 5.41) is 6.55. The molecule has 180 valence electrons. The van der Waals surface area contributed by atoms with Gasteiger partial charge in [-0.15, -0.1) is 0 Å². The molecule has 6 heteroatoms. The SMILES string of the molecule is Cc1ccc(C2C3=C(CC(C)(C)CC3=O)Nc3ccccc3N2CC(=O)NCc2ccco2)cc1. The zero-order valence-corrected chi connectivity index (χ0v) is 20.4. The van der Waals surface area contributed by atoms with Crippen LogP contribution >= 0.6 is 0 Å². The third-order valence-corrected chi connectivity index (χ3v) is 6.75. The van der Waals surface area contributed by atoms with Gasteiger partial charge in [0.25, 0.3) is 0 Å². The molecular formula is C29H31N3O3. The summed E-state index contributed by atoms with van der Waals surface area (Å²) in [5.74, 6) is 0.685. The molecule has 2 aliphatic rings. The monoisotopic (exact) mass is 469 g/mol. The van der Waals surface area contributed by atoms with E-state index in [1.807, 2.05) is 37.3 Å². The maximum atomic E-state index is 13.7. The molecule has 0 bridgehead atoms. The second kappa shape index (κ2) is 9.10. The van der Waals surface area contributed by atoms with Gasteiger partial charge in [-0.05, 0) is 48.6 Å². The number of para-hydroxylation sites is 2. The molecule has 6 nitrogen and oxygen atoms in total. The fourth-order valence-electron chi connectivity index (χ4n) is 5.13. The van der Waals surface area contributed by atoms with Crippen LogP contribution in [0.2, 0.25) is 0 Å². The summed E-state index contributed by atoms with van der Waals surface area (Å²) in [6.07, 6.45) is 2.84. The quantitative estimate of drug-likeness (QED) is 0.515. The number of amides is 1. The lowest BCUT2D eigenvalue weighted by atomic mass is 9.73. The number of benzene rings is 2. The van der Waals surface area contributed by atoms with Crippen molar-refractivity contribution >= 4 is 23.1 Å². The normalized spacial score (nSPS) is 18.9. The van der Waals surface area contributed by atoms with Gasteiger partial charge in [0.2, 0.25) is 5.91 Å². The maximum absolute atomic E-state index is 13.7. The number of fused-ring (bicyclic) bond motifs is 1. The molecule has 1 atom stereocenters. The number of nitrogens with one attached hydrogen (secondary N) is 2. The molecular weight excluding hydrogens is 438 g/mol. The van der Waals surface area contributed by atoms with Gasteiger partial charge in [0.1, 0.15) is 5.76 Å². The number of hydrogen-bond acceptors (Lipinski definition) is 5. The minimum Gasteiger partial charge on any atom is -0.467 e. The Labute approximate surface area is 206 Å². The fourth-order valence-corrected chi connectivity index (χ4v) is 5.13. The van der Waals surface area contributed by atoms with Gasteiger partial charge < -0.3 is 20.0 Å². The van der Waals surface area contributed by atoms with Gasteiger partial charge in [-0.1, -0.05) is 55.8 Å². The molecule has 1 amide bonds. The van der Waals surface area contributed by atoms with E-state index in [4.69, 9.17) is 4.42 Å². The van der Waals surface area contributed by atoms with Gasteiger partial charge >= 0.3 is 0 Å². The Balaban J connectivity index is 1.60. The summed E-state index contributed by atoms with van der Waals surface area (Å²) in [4.78, 5) is 28.9. The molecule has 35 heavy (non-hydrogen) atoms. The molecule has 5 rings (SSSR count). The Hall–Kier alpha value is -3.80. The van der Waals surface area contributed by atoms with Crippen molar-refractivity contribution in [3.05, 3.63) is 95.1 Å². The molecule has 0 radical (unpaired) electrons. The second-order valence-corrected chi connectivity index (χ2v) is 10.3. The van der Waals surface area contributed by atoms with Crippen molar-refractivity contribution in [3.8, 4) is 0 Å². The highest BCUT2D eigenvalue weighted by Gasteiger charge is 2.41. The molecule has 3 aromatic rings. The van der Waals surface area contributed by atoms with E-state index in [-0.39, 0.29) is 29.7 Å². The first-order valence-electron chi connectivity index (χ1n) is 12.1. The maximum Gasteiger partial charge on any atom is 0.239 e. The highest BCUT2D eigenvalue weighted by atomic mass is 16.3. The van der Waals surface area contributed by atoms with Crippen LogP contribution in [0.15, 0.2) is 82.6 Å². The third-order valence-electron chi connectivity index (χ3n) is 6.75. The summed E-state index contributed by atoms with van der Waals surface area (Å²) >= 11 is 0. The Morgan fingerprint density at radius 3 is 2.60 bits per heavy atom. The number of allylic oxidation sites excluding steroid dienone is 1. The summed E-state index contributed by atoms with van der Waals surface area (Å²) in [6, 6.07) is 19.5. The average Bonchev–Trinajstić information content (AvgIpc) is 3.29. The van der Waals surface area contributed by atoms with Crippen LogP contribution in [0, 0.1) is 12.3 Å². The lowest BCUT2D eigenvalue weighted by Gasteiger charge is -2.38. The molecule has 2 N–H and O–H groups in total. The van der Waals surface area contributed by atoms with Crippen LogP contribution in [-0.2, 0) is 16.1 Å². The van der Waals surface area contributed by atoms with Crippen LogP contribution in [0.1, 0.15) is 49.6 Å². The number of furan rings is 1. The minimum atomic E-state index is -0.375. The second-order valence-electron chi connectivity index (χ2n) is 10.3. The molecule has 0 saturated carbocycles. The molecule has 1 unspecified atom stereocenters. The van der Waals surface area contributed by atoms with Crippen molar-refractivity contribution in [2.45, 2.75) is 46.2 Å². The summed E-state index contributed by atoms with van der Waals surface area (Å²) in [5.41, 5.74) is 5.50. The van der Waals surface area contributed by atoms with Crippen LogP contribution in [-0.4, -0.2) is 18.2 Å². The molecule has 2 aromatic carbocycles. The number of carbonyl (C=O) groups is 2. The average molecular weight is 470 g/mol. The summed E-state index contributed by atoms with van der Waals surface area (Å²) < 4.78 is 5.37. The van der Waals surface area contributed by atoms with Crippen LogP contribution in [0.25, 0.3) is 0 Å². The number of anilines is 2. The van der Waals surface area contributed by atoms with Crippen LogP contribution in [0.4, 0.5) is 11.4 Å². The van der Waals surface area contributed by atoms with E-state index in [2.05, 4.69) is 53.6 Å². The van der Waals surface area contributed by atoms with Gasteiger partial charge in [0, 0.05) is 17.7 Å². The van der Waals surface area contributed by atoms with Gasteiger partial charge in [-0.3, -0.25) is 9.59 Å². The first kappa shape index (κ1) is 23.0. The van der Waals surface area contributed by atoms with E-state index in [1.54, 1.807) is 12.3 Å². The largest absolute Gasteiger partial charge is 0.467 e. The fraction of sp³-hybridized carbons (Fsp3) is 0.310. The molecule has 0 fully saturated rings. The summed E-state index contributed by atoms with van der Waals surface area (Å²) in [6.45, 7) is 6.73. The van der Waals surface area contributed by atoms with Gasteiger partial charge in [-0.25, -0.2) is 0 Å². The first-order valence-corrected chi connectivity index (χ1v) is 12.1. The highest BCUT2D eigenvalue weighted by molar-refractivity contribution is 6.01. The molecule has 0 saturated heterocycles. The van der Waals surface area contributed by atoms with Crippen LogP contribution in [0.5, 0.6) is 0 Å². The Morgan fingerprint density at radius 2 is 1.86 bits per heavy atom. The minimum absolute atomic E-state index is 0.103. The molecule has 0 spiro atoms. The van der Waals surface area contributed by atoms with E-state index in [1.165, 1.54) is 0 Å². The highest BCUT2D eigenvalue weighted by Crippen LogP contribution is 2.48. The smallest absolute Gasteiger partial charge is 0.239 e. The van der Waals surface area contributed by atoms with Crippen molar-refractivity contribution in [1.82, 2.24) is 5.32 Å². The lowest BCUT2D eigenvalue weighted by molar-refractivity contribution is -0.121. The zero-order chi connectivity index (χ0) is 24.6. The van der Waals surface area contributed by atoms with Crippen molar-refractivity contribution in [3.63, 3.8) is 0 Å². The van der Waals surface area contributed by atoms with E-state index in [0.29, 0.717) is 18.7 Å². The third kappa shape index (κ3) is 4.74. The van der Waals surface area contributed by atoms with Crippen molar-refractivity contribution < 1.29 is 14.0 Å². The van der Waals surface area contributed by atoms with Crippen LogP contribution < -0.4 is 15.5 Å². The predicted octanol–water partition coefficient (Wildman–Crippen LogP) is 5.52. The summed E-state index contributed by atoms with van der Waals surface area (Å²) in [7, 11) is 0. The van der Waals surface area contributed by atoms with E-state index in [0.717, 1.165) is 40.2 Å². The Kier molecular flexibility index (Phi) is 5.97. The molecule has 1 aromatic heterocycles. The number of ketones is 1. The van der Waals surface area contributed by atoms with Crippen molar-refractivity contribution in [1.29, 1.82) is 0 Å². The molecule has 2 heterocycles. The van der Waals surface area contributed by atoms with E-state index < -0.39 is 0 Å². The van der Waals surface area contributed by atoms with Gasteiger partial charge in [0.15, 0.2) is 5.78 Å². The number of rotatable bonds is 5. The van der Waals surface area contributed by atoms with Crippen molar-refractivity contribution in [2.75, 3.05) is 16.8 Å². The number of carbonyl (C=O) groups excluding carboxylic acids is 2. The molecule has 1 aliphatic carbocycles. The standard InChI is InChI=1S/C29H31N3O3/c1-19-10-12-20(13-11-19)28-27-23(15-29(2,3)16-25(27)33)31-22-8-4-5-9-24(22)32(28)18-26(34)30-17-21-7-6-14-35-21/h4-14,28,31H,15-18H2,1-3H3,(H,30,34). The number of hydrogen-bond donors (Lipinski definition) is 2. The number of nitrogens with zero attached hydrogens (tertiary/aromatic N) is 1. The van der Waals surface area contributed by atoms with Gasteiger partial charge in [-0.2, -0.15) is 0 Å². The lowest BCUT2D eigenvalue weighted by Crippen LogP contribution is -2.41. The number of aryl methyl sites for hydroxylation is 1. The first-order chi connectivity index (χ1) is 16.8. The zero-order valence-electron chi connectivity index (χ0n) is 20.4. The Bertz CT molecular complexity index is 1270. The molecule has 1 aliphatic heterocycles. The van der Waals surface area contributed by atoms with Crippen LogP contribution in [0.3, 0.4) is 0 Å². The van der Waals surface area contributed by atoms with Gasteiger partial charge in [0.05, 0.1) is 36.8 Å². The number of Topliss-reactive ketones (excluding diaryl/α,β-unsaturated/α-hetero) is 1. The Morgan fingerprint density at radius 1 is 1.09 bits per heavy atom. The predicted molar refractivity (Wildman–Crippen MR) is 137 cm³/mol.